The monoisotopic (exact) mass is 534 g/mol. The molecule has 204 valence electrons. The predicted octanol–water partition coefficient (Wildman–Crippen LogP) is 5.73. The Hall–Kier alpha value is -3.94. The van der Waals surface area contributed by atoms with Crippen LogP contribution < -0.4 is 10.1 Å². The molecular formula is C33H34N4O3. The van der Waals surface area contributed by atoms with E-state index in [1.165, 1.54) is 5.56 Å². The van der Waals surface area contributed by atoms with E-state index in [1.807, 2.05) is 18.2 Å². The fourth-order valence-electron chi connectivity index (χ4n) is 6.68. The Morgan fingerprint density at radius 1 is 1.05 bits per heavy atom. The molecule has 1 spiro atoms. The van der Waals surface area contributed by atoms with Gasteiger partial charge in [-0.05, 0) is 72.9 Å². The highest BCUT2D eigenvalue weighted by molar-refractivity contribution is 6.10. The molecule has 3 aromatic carbocycles. The van der Waals surface area contributed by atoms with Gasteiger partial charge in [-0.3, -0.25) is 14.8 Å². The molecule has 1 saturated heterocycles. The molecule has 7 nitrogen and oxygen atoms in total. The summed E-state index contributed by atoms with van der Waals surface area (Å²) in [5.41, 5.74) is 6.90. The van der Waals surface area contributed by atoms with E-state index < -0.39 is 5.41 Å². The molecule has 7 heteroatoms. The van der Waals surface area contributed by atoms with Crippen molar-refractivity contribution in [2.45, 2.75) is 50.4 Å². The molecule has 7 rings (SSSR count). The average Bonchev–Trinajstić information content (AvgIpc) is 3.48. The maximum atomic E-state index is 13.0. The molecule has 0 radical (unpaired) electrons. The van der Waals surface area contributed by atoms with Crippen LogP contribution in [0.1, 0.15) is 54.1 Å². The minimum Gasteiger partial charge on any atom is -0.497 e. The number of H-pyrrole nitrogens is 1. The number of hydrogen-bond donors (Lipinski definition) is 2. The third kappa shape index (κ3) is 4.30. The van der Waals surface area contributed by atoms with Crippen LogP contribution in [0, 0.1) is 0 Å². The van der Waals surface area contributed by atoms with Gasteiger partial charge in [-0.1, -0.05) is 42.5 Å². The summed E-state index contributed by atoms with van der Waals surface area (Å²) in [7, 11) is 1.66. The first-order valence-corrected chi connectivity index (χ1v) is 14.1. The van der Waals surface area contributed by atoms with E-state index in [9.17, 15) is 4.79 Å². The minimum atomic E-state index is -0.509. The normalized spacial score (nSPS) is 26.0. The zero-order valence-corrected chi connectivity index (χ0v) is 23.1. The number of fused-ring (bicyclic) bond motifs is 3. The molecule has 3 aliphatic rings. The van der Waals surface area contributed by atoms with Crippen LogP contribution in [0.2, 0.25) is 0 Å². The van der Waals surface area contributed by atoms with Gasteiger partial charge in [0.25, 0.3) is 0 Å². The van der Waals surface area contributed by atoms with E-state index in [-0.39, 0.29) is 24.0 Å². The molecule has 1 amide bonds. The summed E-state index contributed by atoms with van der Waals surface area (Å²) in [6, 6.07) is 21.0. The average molecular weight is 535 g/mol. The summed E-state index contributed by atoms with van der Waals surface area (Å²) >= 11 is 0. The third-order valence-corrected chi connectivity index (χ3v) is 8.66. The highest BCUT2D eigenvalue weighted by atomic mass is 16.5. The molecule has 1 aliphatic carbocycles. The van der Waals surface area contributed by atoms with Crippen molar-refractivity contribution in [2.75, 3.05) is 25.5 Å². The van der Waals surface area contributed by atoms with Crippen molar-refractivity contribution < 1.29 is 14.3 Å². The second kappa shape index (κ2) is 9.61. The Balaban J connectivity index is 1.06. The van der Waals surface area contributed by atoms with Crippen LogP contribution in [0.3, 0.4) is 0 Å². The lowest BCUT2D eigenvalue weighted by molar-refractivity contribution is -0.118. The zero-order valence-electron chi connectivity index (χ0n) is 23.1. The van der Waals surface area contributed by atoms with Crippen LogP contribution in [0.4, 0.5) is 5.69 Å². The van der Waals surface area contributed by atoms with Gasteiger partial charge in [-0.2, -0.15) is 5.10 Å². The van der Waals surface area contributed by atoms with Crippen molar-refractivity contribution in [3.05, 3.63) is 88.6 Å². The van der Waals surface area contributed by atoms with Crippen molar-refractivity contribution in [1.82, 2.24) is 15.1 Å². The smallest absolute Gasteiger partial charge is 0.235 e. The van der Waals surface area contributed by atoms with Gasteiger partial charge in [0.05, 0.1) is 35.9 Å². The minimum absolute atomic E-state index is 0.0779. The molecule has 1 aromatic heterocycles. The summed E-state index contributed by atoms with van der Waals surface area (Å²) in [5.74, 6) is 0.987. The Bertz CT molecular complexity index is 1610. The van der Waals surface area contributed by atoms with Crippen LogP contribution in [-0.4, -0.2) is 53.4 Å². The zero-order chi connectivity index (χ0) is 27.4. The van der Waals surface area contributed by atoms with Crippen molar-refractivity contribution in [3.8, 4) is 5.75 Å². The van der Waals surface area contributed by atoms with Gasteiger partial charge in [0.2, 0.25) is 5.91 Å². The predicted molar refractivity (Wildman–Crippen MR) is 157 cm³/mol. The van der Waals surface area contributed by atoms with Gasteiger partial charge in [0, 0.05) is 36.6 Å². The second-order valence-electron chi connectivity index (χ2n) is 11.5. The Kier molecular flexibility index (Phi) is 6.02. The molecular weight excluding hydrogens is 500 g/mol. The van der Waals surface area contributed by atoms with Crippen molar-refractivity contribution in [1.29, 1.82) is 0 Å². The van der Waals surface area contributed by atoms with E-state index in [0.29, 0.717) is 0 Å². The fourth-order valence-corrected chi connectivity index (χ4v) is 6.68. The largest absolute Gasteiger partial charge is 0.497 e. The third-order valence-electron chi connectivity index (χ3n) is 8.66. The number of nitrogens with one attached hydrogen (secondary N) is 2. The number of anilines is 1. The summed E-state index contributed by atoms with van der Waals surface area (Å²) in [4.78, 5) is 15.5. The highest BCUT2D eigenvalue weighted by Gasteiger charge is 2.65. The molecule has 2 aliphatic heterocycles. The topological polar surface area (TPSA) is 79.5 Å². The number of carbonyl (C=O) groups excluding carboxylic acids is 1. The fraction of sp³-hybridized carbons (Fsp3) is 0.333. The molecule has 0 unspecified atom stereocenters. The molecule has 1 saturated carbocycles. The Morgan fingerprint density at radius 3 is 2.62 bits per heavy atom. The molecule has 4 aromatic rings. The molecule has 2 fully saturated rings. The summed E-state index contributed by atoms with van der Waals surface area (Å²) in [6.45, 7) is 7.16. The van der Waals surface area contributed by atoms with Gasteiger partial charge in [-0.25, -0.2) is 0 Å². The lowest BCUT2D eigenvalue weighted by Gasteiger charge is -2.35. The van der Waals surface area contributed by atoms with Crippen LogP contribution >= 0.6 is 0 Å². The van der Waals surface area contributed by atoms with Gasteiger partial charge in [-0.15, -0.1) is 0 Å². The van der Waals surface area contributed by atoms with Crippen LogP contribution in [-0.2, 0) is 21.5 Å². The molecule has 4 atom stereocenters. The Morgan fingerprint density at radius 2 is 1.85 bits per heavy atom. The second-order valence-corrected chi connectivity index (χ2v) is 11.5. The molecule has 40 heavy (non-hydrogen) atoms. The number of morpholine rings is 1. The van der Waals surface area contributed by atoms with Crippen molar-refractivity contribution in [2.24, 2.45) is 0 Å². The Labute approximate surface area is 234 Å². The van der Waals surface area contributed by atoms with Gasteiger partial charge in [0.1, 0.15) is 5.75 Å². The van der Waals surface area contributed by atoms with E-state index in [4.69, 9.17) is 9.47 Å². The standard InChI is InChI=1S/C33H34N4O3/c1-20-17-37(18-21(2)40-20)19-23-6-4-22(5-7-23)8-12-29-26-11-9-24(14-31(26)36-35-29)28-16-33(28)27-15-25(39-3)10-13-30(27)34-32(33)38/h4-15,20-21,28H,16-19H2,1-3H3,(H,34,38)(H,35,36)/b12-8+/t20-,21+,28-,33+/m0/s1. The maximum Gasteiger partial charge on any atom is 0.235 e. The van der Waals surface area contributed by atoms with Gasteiger partial charge < -0.3 is 14.8 Å². The molecule has 3 heterocycles. The molecule has 0 bridgehead atoms. The van der Waals surface area contributed by atoms with E-state index in [0.717, 1.165) is 70.8 Å². The lowest BCUT2D eigenvalue weighted by atomic mass is 9.91. The summed E-state index contributed by atoms with van der Waals surface area (Å²) in [5, 5.41) is 11.9. The number of carbonyl (C=O) groups is 1. The number of ether oxygens (including phenoxy) is 2. The lowest BCUT2D eigenvalue weighted by Crippen LogP contribution is -2.44. The number of hydrogen-bond acceptors (Lipinski definition) is 5. The first-order chi connectivity index (χ1) is 19.4. The number of nitrogens with zero attached hydrogens (tertiary/aromatic N) is 2. The maximum absolute atomic E-state index is 13.0. The summed E-state index contributed by atoms with van der Waals surface area (Å²) in [6.07, 6.45) is 5.52. The van der Waals surface area contributed by atoms with Crippen molar-refractivity contribution in [3.63, 3.8) is 0 Å². The SMILES string of the molecule is COc1ccc2c(c1)[C@@]1(C[C@H]1c1ccc3c(/C=C/c4ccc(CN5C[C@@H](C)O[C@@H](C)C5)cc4)n[nH]c3c1)C(=O)N2. The van der Waals surface area contributed by atoms with E-state index >= 15 is 0 Å². The van der Waals surface area contributed by atoms with Crippen LogP contribution in [0.25, 0.3) is 23.1 Å². The number of benzene rings is 3. The molecule has 2 N–H and O–H groups in total. The van der Waals surface area contributed by atoms with Crippen LogP contribution in [0.5, 0.6) is 5.75 Å². The van der Waals surface area contributed by atoms with E-state index in [2.05, 4.69) is 88.9 Å². The van der Waals surface area contributed by atoms with E-state index in [1.54, 1.807) is 7.11 Å². The first kappa shape index (κ1) is 25.1. The van der Waals surface area contributed by atoms with Gasteiger partial charge in [0.15, 0.2) is 0 Å². The number of rotatable bonds is 6. The number of methoxy groups -OCH3 is 1. The number of aromatic amines is 1. The van der Waals surface area contributed by atoms with Gasteiger partial charge >= 0.3 is 0 Å². The summed E-state index contributed by atoms with van der Waals surface area (Å²) < 4.78 is 11.3. The first-order valence-electron chi connectivity index (χ1n) is 14.1. The highest BCUT2D eigenvalue weighted by Crippen LogP contribution is 2.65. The number of aromatic nitrogens is 2. The number of amides is 1. The quantitative estimate of drug-likeness (QED) is 0.330. The van der Waals surface area contributed by atoms with Crippen molar-refractivity contribution >= 4 is 34.6 Å². The van der Waals surface area contributed by atoms with Crippen LogP contribution in [0.15, 0.2) is 60.7 Å².